The lowest BCUT2D eigenvalue weighted by atomic mass is 9.92. The lowest BCUT2D eigenvalue weighted by Gasteiger charge is -2.21. The van der Waals surface area contributed by atoms with Gasteiger partial charge in [0.25, 0.3) is 0 Å². The summed E-state index contributed by atoms with van der Waals surface area (Å²) in [6.45, 7) is 0. The lowest BCUT2D eigenvalue weighted by Crippen LogP contribution is -2.32. The largest absolute Gasteiger partial charge is 0.504 e. The van der Waals surface area contributed by atoms with Crippen molar-refractivity contribution in [2.24, 2.45) is 0 Å². The van der Waals surface area contributed by atoms with Crippen LogP contribution in [-0.4, -0.2) is 34.6 Å². The number of fused-ring (bicyclic) bond motifs is 3. The van der Waals surface area contributed by atoms with Crippen LogP contribution in [0.15, 0.2) is 33.5 Å². The third-order valence-corrected chi connectivity index (χ3v) is 4.71. The second-order valence-corrected chi connectivity index (χ2v) is 6.32. The third-order valence-electron chi connectivity index (χ3n) is 4.71. The fourth-order valence-corrected chi connectivity index (χ4v) is 3.30. The molecule has 2 heterocycles. The number of phenols is 1. The summed E-state index contributed by atoms with van der Waals surface area (Å²) in [6, 6.07) is 6.47. The fourth-order valence-electron chi connectivity index (χ4n) is 3.30. The van der Waals surface area contributed by atoms with E-state index in [1.54, 1.807) is 12.1 Å². The molecule has 1 aliphatic heterocycles. The van der Waals surface area contributed by atoms with Gasteiger partial charge in [-0.1, -0.05) is 6.07 Å². The Kier molecular flexibility index (Phi) is 3.79. The van der Waals surface area contributed by atoms with Gasteiger partial charge in [-0.3, -0.25) is 4.79 Å². The standard InChI is InChI=1S/C18H18O7/c1-23-12-5-3-8(6-10(12)19)2-4-9-7-11(20)13-16(24-9)14(21)15(22)18-17(13)25-18/h3,5-7,14-15,17-19,21-22H,2,4H2,1H3/t14-,15-,17+,18-/m1/s1. The SMILES string of the molecule is COc1ccc(CCc2cc(=O)c3c(o2)[C@H](O)[C@@H](O)[C@H]2O[C@@H]32)cc1O. The maximum absolute atomic E-state index is 12.3. The zero-order chi connectivity index (χ0) is 17.7. The summed E-state index contributed by atoms with van der Waals surface area (Å²) < 4.78 is 15.9. The molecular weight excluding hydrogens is 328 g/mol. The number of ether oxygens (including phenoxy) is 2. The smallest absolute Gasteiger partial charge is 0.191 e. The van der Waals surface area contributed by atoms with Gasteiger partial charge < -0.3 is 29.2 Å². The van der Waals surface area contributed by atoms with Crippen molar-refractivity contribution in [1.82, 2.24) is 0 Å². The van der Waals surface area contributed by atoms with Gasteiger partial charge in [-0.2, -0.15) is 0 Å². The molecule has 0 bridgehead atoms. The number of hydrogen-bond acceptors (Lipinski definition) is 7. The Balaban J connectivity index is 1.57. The van der Waals surface area contributed by atoms with Crippen LogP contribution in [-0.2, 0) is 17.6 Å². The second-order valence-electron chi connectivity index (χ2n) is 6.32. The van der Waals surface area contributed by atoms with Crippen LogP contribution in [0.25, 0.3) is 0 Å². The first-order valence-corrected chi connectivity index (χ1v) is 8.04. The van der Waals surface area contributed by atoms with Crippen molar-refractivity contribution in [3.05, 3.63) is 57.1 Å². The van der Waals surface area contributed by atoms with E-state index in [0.29, 0.717) is 29.9 Å². The molecule has 0 saturated carbocycles. The Bertz CT molecular complexity index is 872. The topological polar surface area (TPSA) is 113 Å². The Labute approximate surface area is 143 Å². The van der Waals surface area contributed by atoms with E-state index in [1.807, 2.05) is 6.07 Å². The molecule has 1 aromatic carbocycles. The van der Waals surface area contributed by atoms with E-state index >= 15 is 0 Å². The molecule has 2 aromatic rings. The normalized spacial score (nSPS) is 26.7. The van der Waals surface area contributed by atoms with Crippen LogP contribution in [0.3, 0.4) is 0 Å². The second kappa shape index (κ2) is 5.87. The number of methoxy groups -OCH3 is 1. The number of phenolic OH excluding ortho intramolecular Hbond substituents is 1. The molecule has 2 aliphatic rings. The zero-order valence-electron chi connectivity index (χ0n) is 13.5. The number of benzene rings is 1. The number of aliphatic hydroxyl groups is 2. The molecule has 25 heavy (non-hydrogen) atoms. The molecule has 0 amide bonds. The number of epoxide rings is 1. The van der Waals surface area contributed by atoms with E-state index in [0.717, 1.165) is 5.56 Å². The predicted octanol–water partition coefficient (Wildman–Crippen LogP) is 0.987. The Morgan fingerprint density at radius 3 is 2.72 bits per heavy atom. The Hall–Kier alpha value is -2.35. The minimum atomic E-state index is -1.27. The van der Waals surface area contributed by atoms with Crippen LogP contribution < -0.4 is 10.2 Å². The van der Waals surface area contributed by atoms with E-state index in [2.05, 4.69) is 0 Å². The first-order valence-electron chi connectivity index (χ1n) is 8.04. The first kappa shape index (κ1) is 16.1. The fraction of sp³-hybridized carbons (Fsp3) is 0.389. The van der Waals surface area contributed by atoms with E-state index in [1.165, 1.54) is 13.2 Å². The molecule has 3 N–H and O–H groups in total. The Morgan fingerprint density at radius 2 is 2.00 bits per heavy atom. The molecule has 0 unspecified atom stereocenters. The number of aliphatic hydroxyl groups excluding tert-OH is 2. The molecule has 0 radical (unpaired) electrons. The highest BCUT2D eigenvalue weighted by Gasteiger charge is 2.56. The van der Waals surface area contributed by atoms with Gasteiger partial charge in [-0.15, -0.1) is 0 Å². The van der Waals surface area contributed by atoms with Gasteiger partial charge in [0.1, 0.15) is 35.9 Å². The molecule has 0 spiro atoms. The van der Waals surface area contributed by atoms with Crippen molar-refractivity contribution < 1.29 is 29.2 Å². The highest BCUT2D eigenvalue weighted by atomic mass is 16.6. The maximum Gasteiger partial charge on any atom is 0.191 e. The van der Waals surface area contributed by atoms with E-state index < -0.39 is 24.4 Å². The molecule has 7 heteroatoms. The van der Waals surface area contributed by atoms with E-state index in [-0.39, 0.29) is 16.9 Å². The number of aryl methyl sites for hydroxylation is 2. The van der Waals surface area contributed by atoms with Gasteiger partial charge in [0, 0.05) is 12.5 Å². The van der Waals surface area contributed by atoms with Crippen molar-refractivity contribution in [1.29, 1.82) is 0 Å². The summed E-state index contributed by atoms with van der Waals surface area (Å²) in [5.41, 5.74) is 0.894. The summed E-state index contributed by atoms with van der Waals surface area (Å²) in [6.07, 6.45) is -2.44. The number of hydrogen-bond donors (Lipinski definition) is 3. The van der Waals surface area contributed by atoms with Crippen LogP contribution in [0, 0.1) is 0 Å². The summed E-state index contributed by atoms with van der Waals surface area (Å²) >= 11 is 0. The van der Waals surface area contributed by atoms with Crippen molar-refractivity contribution >= 4 is 0 Å². The van der Waals surface area contributed by atoms with Gasteiger partial charge in [-0.05, 0) is 24.1 Å². The highest BCUT2D eigenvalue weighted by molar-refractivity contribution is 5.42. The summed E-state index contributed by atoms with van der Waals surface area (Å²) in [5.74, 6) is 0.929. The minimum absolute atomic E-state index is 0.0439. The van der Waals surface area contributed by atoms with Crippen LogP contribution in [0.5, 0.6) is 11.5 Å². The van der Waals surface area contributed by atoms with Crippen molar-refractivity contribution in [3.63, 3.8) is 0 Å². The summed E-state index contributed by atoms with van der Waals surface area (Å²) in [5, 5.41) is 29.9. The third kappa shape index (κ3) is 2.70. The van der Waals surface area contributed by atoms with Crippen molar-refractivity contribution in [2.45, 2.75) is 37.3 Å². The summed E-state index contributed by atoms with van der Waals surface area (Å²) in [7, 11) is 1.48. The van der Waals surface area contributed by atoms with E-state index in [4.69, 9.17) is 13.9 Å². The predicted molar refractivity (Wildman–Crippen MR) is 85.6 cm³/mol. The molecule has 1 saturated heterocycles. The van der Waals surface area contributed by atoms with Gasteiger partial charge in [0.05, 0.1) is 12.7 Å². The van der Waals surface area contributed by atoms with Crippen molar-refractivity contribution in [3.8, 4) is 11.5 Å². The number of aromatic hydroxyl groups is 1. The summed E-state index contributed by atoms with van der Waals surface area (Å²) in [4.78, 5) is 12.3. The number of rotatable bonds is 4. The average molecular weight is 346 g/mol. The molecule has 1 aliphatic carbocycles. The molecule has 1 aromatic heterocycles. The molecule has 4 rings (SSSR count). The molecule has 7 nitrogen and oxygen atoms in total. The molecule has 1 fully saturated rings. The molecular formula is C18H18O7. The Morgan fingerprint density at radius 1 is 1.20 bits per heavy atom. The van der Waals surface area contributed by atoms with Crippen LogP contribution >= 0.6 is 0 Å². The average Bonchev–Trinajstić information content (AvgIpc) is 3.38. The quantitative estimate of drug-likeness (QED) is 0.708. The van der Waals surface area contributed by atoms with Crippen LogP contribution in [0.1, 0.15) is 34.9 Å². The van der Waals surface area contributed by atoms with E-state index in [9.17, 15) is 20.1 Å². The monoisotopic (exact) mass is 346 g/mol. The van der Waals surface area contributed by atoms with Gasteiger partial charge >= 0.3 is 0 Å². The van der Waals surface area contributed by atoms with Gasteiger partial charge in [0.2, 0.25) is 0 Å². The minimum Gasteiger partial charge on any atom is -0.504 e. The lowest BCUT2D eigenvalue weighted by molar-refractivity contribution is -0.0137. The van der Waals surface area contributed by atoms with Crippen LogP contribution in [0.4, 0.5) is 0 Å². The zero-order valence-corrected chi connectivity index (χ0v) is 13.5. The molecule has 4 atom stereocenters. The maximum atomic E-state index is 12.3. The van der Waals surface area contributed by atoms with Gasteiger partial charge in [0.15, 0.2) is 16.9 Å². The highest BCUT2D eigenvalue weighted by Crippen LogP contribution is 2.49. The van der Waals surface area contributed by atoms with Crippen molar-refractivity contribution in [2.75, 3.05) is 7.11 Å². The molecule has 132 valence electrons. The first-order chi connectivity index (χ1) is 12.0. The van der Waals surface area contributed by atoms with Crippen LogP contribution in [0.2, 0.25) is 0 Å². The van der Waals surface area contributed by atoms with Gasteiger partial charge in [-0.25, -0.2) is 0 Å².